The Hall–Kier alpha value is -1.35. The van der Waals surface area contributed by atoms with Crippen molar-refractivity contribution in [2.75, 3.05) is 32.9 Å². The van der Waals surface area contributed by atoms with Crippen molar-refractivity contribution < 1.29 is 27.4 Å². The van der Waals surface area contributed by atoms with Gasteiger partial charge in [-0.25, -0.2) is 0 Å². The molecule has 2 N–H and O–H groups in total. The predicted molar refractivity (Wildman–Crippen MR) is 90.9 cm³/mol. The van der Waals surface area contributed by atoms with E-state index in [9.17, 15) is 18.0 Å². The van der Waals surface area contributed by atoms with Crippen LogP contribution in [0, 0.1) is 0 Å². The van der Waals surface area contributed by atoms with Gasteiger partial charge in [0.2, 0.25) is 5.91 Å². The van der Waals surface area contributed by atoms with Crippen molar-refractivity contribution >= 4 is 18.3 Å². The van der Waals surface area contributed by atoms with E-state index < -0.39 is 23.4 Å². The van der Waals surface area contributed by atoms with Gasteiger partial charge in [0.1, 0.15) is 6.10 Å². The van der Waals surface area contributed by atoms with Crippen molar-refractivity contribution in [3.05, 3.63) is 35.4 Å². The Balaban J connectivity index is 0.00000243. The third-order valence-corrected chi connectivity index (χ3v) is 4.75. The Labute approximate surface area is 156 Å². The first-order valence-corrected chi connectivity index (χ1v) is 8.24. The SMILES string of the molecule is Cl.NC1(C(=O)N2CCOC(c3cccc(C(F)(F)F)c3)C2)CCOCC1. The van der Waals surface area contributed by atoms with Gasteiger partial charge in [-0.05, 0) is 30.5 Å². The second kappa shape index (κ2) is 8.12. The standard InChI is InChI=1S/C17H21F3N2O3.ClH/c18-17(19,20)13-3-1-2-12(10-13)14-11-22(6-9-25-14)15(23)16(21)4-7-24-8-5-16;/h1-3,10,14H,4-9,11,21H2;1H. The Bertz CT molecular complexity index is 636. The van der Waals surface area contributed by atoms with E-state index in [4.69, 9.17) is 15.2 Å². The van der Waals surface area contributed by atoms with Crippen LogP contribution < -0.4 is 5.73 Å². The molecule has 0 bridgehead atoms. The molecule has 1 atom stereocenters. The number of carbonyl (C=O) groups excluding carboxylic acids is 1. The predicted octanol–water partition coefficient (Wildman–Crippen LogP) is 2.54. The summed E-state index contributed by atoms with van der Waals surface area (Å²) in [7, 11) is 0. The lowest BCUT2D eigenvalue weighted by Crippen LogP contribution is -2.60. The first-order valence-electron chi connectivity index (χ1n) is 8.24. The molecule has 2 fully saturated rings. The molecule has 3 rings (SSSR count). The number of rotatable bonds is 2. The van der Waals surface area contributed by atoms with E-state index in [1.54, 1.807) is 11.0 Å². The molecule has 1 aromatic rings. The number of benzene rings is 1. The molecule has 2 aliphatic rings. The number of halogens is 4. The van der Waals surface area contributed by atoms with Gasteiger partial charge in [0.05, 0.1) is 24.3 Å². The summed E-state index contributed by atoms with van der Waals surface area (Å²) in [5.74, 6) is -0.184. The van der Waals surface area contributed by atoms with Gasteiger partial charge in [-0.3, -0.25) is 4.79 Å². The summed E-state index contributed by atoms with van der Waals surface area (Å²) >= 11 is 0. The zero-order chi connectivity index (χ0) is 18.1. The van der Waals surface area contributed by atoms with Crippen LogP contribution in [-0.4, -0.2) is 49.3 Å². The van der Waals surface area contributed by atoms with Crippen LogP contribution >= 0.6 is 12.4 Å². The molecule has 2 heterocycles. The molecule has 1 amide bonds. The van der Waals surface area contributed by atoms with Gasteiger partial charge in [0.15, 0.2) is 0 Å². The maximum Gasteiger partial charge on any atom is 0.416 e. The van der Waals surface area contributed by atoms with E-state index in [2.05, 4.69) is 0 Å². The minimum atomic E-state index is -4.41. The number of hydrogen-bond donors (Lipinski definition) is 1. The van der Waals surface area contributed by atoms with Gasteiger partial charge < -0.3 is 20.1 Å². The maximum atomic E-state index is 12.9. The van der Waals surface area contributed by atoms with E-state index in [1.165, 1.54) is 6.07 Å². The van der Waals surface area contributed by atoms with Crippen LogP contribution in [0.5, 0.6) is 0 Å². The monoisotopic (exact) mass is 394 g/mol. The van der Waals surface area contributed by atoms with E-state index in [-0.39, 0.29) is 31.5 Å². The second-order valence-corrected chi connectivity index (χ2v) is 6.50. The normalized spacial score (nSPS) is 23.2. The molecule has 26 heavy (non-hydrogen) atoms. The highest BCUT2D eigenvalue weighted by Gasteiger charge is 2.41. The molecule has 0 aliphatic carbocycles. The van der Waals surface area contributed by atoms with Crippen molar-refractivity contribution in [2.24, 2.45) is 5.73 Å². The van der Waals surface area contributed by atoms with Crippen LogP contribution in [0.25, 0.3) is 0 Å². The Morgan fingerprint density at radius 2 is 1.92 bits per heavy atom. The largest absolute Gasteiger partial charge is 0.416 e. The highest BCUT2D eigenvalue weighted by molar-refractivity contribution is 5.86. The lowest BCUT2D eigenvalue weighted by atomic mass is 9.89. The van der Waals surface area contributed by atoms with Crippen LogP contribution in [0.3, 0.4) is 0 Å². The molecule has 1 unspecified atom stereocenters. The summed E-state index contributed by atoms with van der Waals surface area (Å²) in [4.78, 5) is 14.4. The number of hydrogen-bond acceptors (Lipinski definition) is 4. The van der Waals surface area contributed by atoms with Crippen LogP contribution in [0.15, 0.2) is 24.3 Å². The van der Waals surface area contributed by atoms with Crippen LogP contribution in [0.1, 0.15) is 30.1 Å². The maximum absolute atomic E-state index is 12.9. The number of morpholine rings is 1. The van der Waals surface area contributed by atoms with Crippen molar-refractivity contribution in [2.45, 2.75) is 30.7 Å². The molecule has 146 valence electrons. The fourth-order valence-corrected chi connectivity index (χ4v) is 3.22. The molecule has 0 saturated carbocycles. The lowest BCUT2D eigenvalue weighted by Gasteiger charge is -2.40. The highest BCUT2D eigenvalue weighted by atomic mass is 35.5. The number of ether oxygens (including phenoxy) is 2. The Morgan fingerprint density at radius 3 is 2.58 bits per heavy atom. The van der Waals surface area contributed by atoms with Crippen molar-refractivity contribution in [1.82, 2.24) is 4.90 Å². The second-order valence-electron chi connectivity index (χ2n) is 6.50. The Morgan fingerprint density at radius 1 is 1.23 bits per heavy atom. The smallest absolute Gasteiger partial charge is 0.381 e. The van der Waals surface area contributed by atoms with E-state index >= 15 is 0 Å². The highest BCUT2D eigenvalue weighted by Crippen LogP contribution is 2.32. The molecule has 9 heteroatoms. The molecule has 2 saturated heterocycles. The summed E-state index contributed by atoms with van der Waals surface area (Å²) in [5.41, 5.74) is 4.96. The average Bonchev–Trinajstić information content (AvgIpc) is 2.61. The van der Waals surface area contributed by atoms with Crippen molar-refractivity contribution in [3.63, 3.8) is 0 Å². The third-order valence-electron chi connectivity index (χ3n) is 4.75. The molecule has 5 nitrogen and oxygen atoms in total. The van der Waals surface area contributed by atoms with Crippen molar-refractivity contribution in [3.8, 4) is 0 Å². The quantitative estimate of drug-likeness (QED) is 0.837. The molecule has 0 radical (unpaired) electrons. The van der Waals surface area contributed by atoms with Gasteiger partial charge in [-0.1, -0.05) is 12.1 Å². The van der Waals surface area contributed by atoms with Gasteiger partial charge in [-0.15, -0.1) is 12.4 Å². The summed E-state index contributed by atoms with van der Waals surface area (Å²) in [6.07, 6.45) is -4.12. The van der Waals surface area contributed by atoms with E-state index in [0.717, 1.165) is 12.1 Å². The molecule has 1 aromatic carbocycles. The fraction of sp³-hybridized carbons (Fsp3) is 0.588. The number of amides is 1. The first-order chi connectivity index (χ1) is 11.8. The number of carbonyl (C=O) groups is 1. The topological polar surface area (TPSA) is 64.8 Å². The van der Waals surface area contributed by atoms with Crippen LogP contribution in [0.4, 0.5) is 13.2 Å². The van der Waals surface area contributed by atoms with Crippen LogP contribution in [0.2, 0.25) is 0 Å². The van der Waals surface area contributed by atoms with Crippen molar-refractivity contribution in [1.29, 1.82) is 0 Å². The summed E-state index contributed by atoms with van der Waals surface area (Å²) in [6, 6.07) is 5.03. The molecule has 0 aromatic heterocycles. The Kier molecular flexibility index (Phi) is 6.55. The van der Waals surface area contributed by atoms with Gasteiger partial charge in [0, 0.05) is 19.8 Å². The zero-order valence-electron chi connectivity index (χ0n) is 14.1. The van der Waals surface area contributed by atoms with E-state index in [1.807, 2.05) is 0 Å². The molecular formula is C17H22ClF3N2O3. The summed E-state index contributed by atoms with van der Waals surface area (Å²) in [6.45, 7) is 1.71. The molecule has 0 spiro atoms. The van der Waals surface area contributed by atoms with Gasteiger partial charge >= 0.3 is 6.18 Å². The zero-order valence-corrected chi connectivity index (χ0v) is 14.9. The number of nitrogens with zero attached hydrogens (tertiary/aromatic N) is 1. The molecule has 2 aliphatic heterocycles. The minimum Gasteiger partial charge on any atom is -0.381 e. The summed E-state index contributed by atoms with van der Waals surface area (Å²) in [5, 5.41) is 0. The van der Waals surface area contributed by atoms with Gasteiger partial charge in [0.25, 0.3) is 0 Å². The number of alkyl halides is 3. The first kappa shape index (κ1) is 21.0. The summed E-state index contributed by atoms with van der Waals surface area (Å²) < 4.78 is 49.6. The lowest BCUT2D eigenvalue weighted by molar-refractivity contribution is -0.148. The van der Waals surface area contributed by atoms with Gasteiger partial charge in [-0.2, -0.15) is 13.2 Å². The molecular weight excluding hydrogens is 373 g/mol. The number of nitrogens with two attached hydrogens (primary N) is 1. The third kappa shape index (κ3) is 4.49. The van der Waals surface area contributed by atoms with Crippen LogP contribution in [-0.2, 0) is 20.4 Å². The fourth-order valence-electron chi connectivity index (χ4n) is 3.22. The minimum absolute atomic E-state index is 0. The average molecular weight is 395 g/mol. The van der Waals surface area contributed by atoms with E-state index in [0.29, 0.717) is 38.2 Å².